The SMILES string of the molecule is CC.COC(=O)c1ccc(Cn2ccc3cc(OCc4ccccc4)ccc32)cc1. The number of carbonyl (C=O) groups is 1. The van der Waals surface area contributed by atoms with Crippen LogP contribution in [-0.4, -0.2) is 17.6 Å². The van der Waals surface area contributed by atoms with Crippen molar-refractivity contribution in [3.8, 4) is 5.75 Å². The first kappa shape index (κ1) is 21.2. The summed E-state index contributed by atoms with van der Waals surface area (Å²) in [6, 6.07) is 25.9. The molecule has 0 spiro atoms. The van der Waals surface area contributed by atoms with E-state index in [9.17, 15) is 4.79 Å². The predicted octanol–water partition coefficient (Wildman–Crippen LogP) is 6.08. The van der Waals surface area contributed by atoms with Gasteiger partial charge in [0.1, 0.15) is 12.4 Å². The first-order valence-electron chi connectivity index (χ1n) is 10.2. The van der Waals surface area contributed by atoms with Crippen LogP contribution >= 0.6 is 0 Å². The second-order valence-corrected chi connectivity index (χ2v) is 6.63. The topological polar surface area (TPSA) is 40.5 Å². The van der Waals surface area contributed by atoms with E-state index in [0.29, 0.717) is 12.2 Å². The highest BCUT2D eigenvalue weighted by Gasteiger charge is 2.07. The van der Waals surface area contributed by atoms with Crippen LogP contribution in [0.3, 0.4) is 0 Å². The Hall–Kier alpha value is -3.53. The standard InChI is InChI=1S/C24H21NO3.C2H6/c1-27-24(26)20-9-7-18(8-10-20)16-25-14-13-21-15-22(11-12-23(21)25)28-17-19-5-3-2-4-6-19;1-2/h2-15H,16-17H2,1H3;1-2H3. The van der Waals surface area contributed by atoms with Gasteiger partial charge in [0.05, 0.1) is 12.7 Å². The molecule has 0 saturated heterocycles. The van der Waals surface area contributed by atoms with E-state index in [-0.39, 0.29) is 5.97 Å². The Kier molecular flexibility index (Phi) is 7.28. The van der Waals surface area contributed by atoms with Gasteiger partial charge in [-0.3, -0.25) is 0 Å². The summed E-state index contributed by atoms with van der Waals surface area (Å²) in [4.78, 5) is 11.6. The third kappa shape index (κ3) is 5.09. The van der Waals surface area contributed by atoms with Crippen LogP contribution < -0.4 is 4.74 Å². The zero-order chi connectivity index (χ0) is 21.3. The van der Waals surface area contributed by atoms with E-state index in [1.54, 1.807) is 12.1 Å². The van der Waals surface area contributed by atoms with Crippen LogP contribution in [0.25, 0.3) is 10.9 Å². The number of esters is 1. The summed E-state index contributed by atoms with van der Waals surface area (Å²) in [5.74, 6) is 0.539. The average molecular weight is 402 g/mol. The second kappa shape index (κ2) is 10.3. The van der Waals surface area contributed by atoms with Gasteiger partial charge in [-0.1, -0.05) is 56.3 Å². The number of nitrogens with zero attached hydrogens (tertiary/aromatic N) is 1. The lowest BCUT2D eigenvalue weighted by atomic mass is 10.1. The number of hydrogen-bond donors (Lipinski definition) is 0. The van der Waals surface area contributed by atoms with Crippen molar-refractivity contribution in [2.24, 2.45) is 0 Å². The van der Waals surface area contributed by atoms with Crippen molar-refractivity contribution in [1.29, 1.82) is 0 Å². The Morgan fingerprint density at radius 3 is 2.30 bits per heavy atom. The molecule has 154 valence electrons. The van der Waals surface area contributed by atoms with E-state index < -0.39 is 0 Å². The van der Waals surface area contributed by atoms with Crippen molar-refractivity contribution in [1.82, 2.24) is 4.57 Å². The molecule has 1 heterocycles. The van der Waals surface area contributed by atoms with Gasteiger partial charge in [-0.25, -0.2) is 4.79 Å². The van der Waals surface area contributed by atoms with Gasteiger partial charge in [-0.2, -0.15) is 0 Å². The van der Waals surface area contributed by atoms with Crippen LogP contribution in [-0.2, 0) is 17.9 Å². The molecule has 0 N–H and O–H groups in total. The summed E-state index contributed by atoms with van der Waals surface area (Å²) < 4.78 is 12.8. The molecule has 1 aromatic heterocycles. The van der Waals surface area contributed by atoms with Gasteiger partial charge in [0.25, 0.3) is 0 Å². The minimum Gasteiger partial charge on any atom is -0.489 e. The first-order valence-corrected chi connectivity index (χ1v) is 10.2. The van der Waals surface area contributed by atoms with Crippen molar-refractivity contribution in [2.75, 3.05) is 7.11 Å². The van der Waals surface area contributed by atoms with Crippen LogP contribution in [0.1, 0.15) is 35.3 Å². The summed E-state index contributed by atoms with van der Waals surface area (Å²) in [6.07, 6.45) is 2.07. The van der Waals surface area contributed by atoms with Gasteiger partial charge in [0.15, 0.2) is 0 Å². The number of methoxy groups -OCH3 is 1. The molecule has 0 aliphatic heterocycles. The zero-order valence-electron chi connectivity index (χ0n) is 17.7. The minimum absolute atomic E-state index is 0.319. The Morgan fingerprint density at radius 1 is 0.867 bits per heavy atom. The third-order valence-corrected chi connectivity index (χ3v) is 4.72. The number of hydrogen-bond acceptors (Lipinski definition) is 3. The molecule has 3 aromatic carbocycles. The fourth-order valence-corrected chi connectivity index (χ4v) is 3.21. The van der Waals surface area contributed by atoms with Gasteiger partial charge in [0.2, 0.25) is 0 Å². The van der Waals surface area contributed by atoms with E-state index in [1.165, 1.54) is 7.11 Å². The number of fused-ring (bicyclic) bond motifs is 1. The van der Waals surface area contributed by atoms with Gasteiger partial charge in [-0.05, 0) is 47.5 Å². The van der Waals surface area contributed by atoms with Gasteiger partial charge < -0.3 is 14.0 Å². The molecule has 0 saturated carbocycles. The summed E-state index contributed by atoms with van der Waals surface area (Å²) in [6.45, 7) is 5.29. The Labute approximate surface area is 177 Å². The Balaban J connectivity index is 0.00000124. The molecule has 30 heavy (non-hydrogen) atoms. The molecular formula is C26H27NO3. The smallest absolute Gasteiger partial charge is 0.337 e. The highest BCUT2D eigenvalue weighted by Crippen LogP contribution is 2.23. The maximum Gasteiger partial charge on any atom is 0.337 e. The quantitative estimate of drug-likeness (QED) is 0.368. The monoisotopic (exact) mass is 401 g/mol. The lowest BCUT2D eigenvalue weighted by Gasteiger charge is -2.09. The van der Waals surface area contributed by atoms with Crippen molar-refractivity contribution in [2.45, 2.75) is 27.0 Å². The molecule has 0 atom stereocenters. The lowest BCUT2D eigenvalue weighted by Crippen LogP contribution is -2.02. The van der Waals surface area contributed by atoms with Crippen LogP contribution in [0.2, 0.25) is 0 Å². The number of rotatable bonds is 6. The molecule has 0 amide bonds. The van der Waals surface area contributed by atoms with Gasteiger partial charge in [-0.15, -0.1) is 0 Å². The van der Waals surface area contributed by atoms with Crippen LogP contribution in [0.4, 0.5) is 0 Å². The molecule has 0 fully saturated rings. The van der Waals surface area contributed by atoms with E-state index in [0.717, 1.165) is 34.3 Å². The van der Waals surface area contributed by atoms with Gasteiger partial charge in [0, 0.05) is 23.6 Å². The Morgan fingerprint density at radius 2 is 1.60 bits per heavy atom. The van der Waals surface area contributed by atoms with Crippen molar-refractivity contribution < 1.29 is 14.3 Å². The fraction of sp³-hybridized carbons (Fsp3) is 0.192. The molecule has 4 nitrogen and oxygen atoms in total. The number of ether oxygens (including phenoxy) is 2. The summed E-state index contributed by atoms with van der Waals surface area (Å²) in [5, 5.41) is 1.14. The Bertz CT molecular complexity index is 1080. The van der Waals surface area contributed by atoms with Crippen molar-refractivity contribution in [3.63, 3.8) is 0 Å². The number of carbonyl (C=O) groups excluding carboxylic acids is 1. The van der Waals surface area contributed by atoms with E-state index in [1.807, 2.05) is 50.2 Å². The van der Waals surface area contributed by atoms with Crippen molar-refractivity contribution >= 4 is 16.9 Å². The molecule has 0 aliphatic rings. The summed E-state index contributed by atoms with van der Waals surface area (Å²) in [7, 11) is 1.39. The minimum atomic E-state index is -0.319. The largest absolute Gasteiger partial charge is 0.489 e. The molecule has 4 aromatic rings. The molecular weight excluding hydrogens is 374 g/mol. The molecule has 4 rings (SSSR count). The number of aromatic nitrogens is 1. The van der Waals surface area contributed by atoms with Crippen LogP contribution in [0.5, 0.6) is 5.75 Å². The zero-order valence-corrected chi connectivity index (χ0v) is 17.7. The maximum atomic E-state index is 11.6. The fourth-order valence-electron chi connectivity index (χ4n) is 3.21. The van der Waals surface area contributed by atoms with E-state index in [4.69, 9.17) is 9.47 Å². The molecule has 0 radical (unpaired) electrons. The first-order chi connectivity index (χ1) is 14.7. The van der Waals surface area contributed by atoms with Crippen molar-refractivity contribution in [3.05, 3.63) is 102 Å². The number of benzene rings is 3. The third-order valence-electron chi connectivity index (χ3n) is 4.72. The molecule has 0 unspecified atom stereocenters. The summed E-state index contributed by atoms with van der Waals surface area (Å²) >= 11 is 0. The predicted molar refractivity (Wildman–Crippen MR) is 121 cm³/mol. The van der Waals surface area contributed by atoms with Crippen LogP contribution in [0.15, 0.2) is 85.1 Å². The van der Waals surface area contributed by atoms with Gasteiger partial charge >= 0.3 is 5.97 Å². The molecule has 4 heteroatoms. The van der Waals surface area contributed by atoms with E-state index in [2.05, 4.69) is 41.1 Å². The van der Waals surface area contributed by atoms with Crippen LogP contribution in [0, 0.1) is 0 Å². The molecule has 0 bridgehead atoms. The summed E-state index contributed by atoms with van der Waals surface area (Å²) in [5.41, 5.74) is 3.97. The molecule has 0 aliphatic carbocycles. The second-order valence-electron chi connectivity index (χ2n) is 6.63. The maximum absolute atomic E-state index is 11.6. The highest BCUT2D eigenvalue weighted by molar-refractivity contribution is 5.89. The lowest BCUT2D eigenvalue weighted by molar-refractivity contribution is 0.0600. The average Bonchev–Trinajstić information content (AvgIpc) is 3.21. The van der Waals surface area contributed by atoms with E-state index >= 15 is 0 Å². The normalized spacial score (nSPS) is 10.2. The highest BCUT2D eigenvalue weighted by atomic mass is 16.5.